The van der Waals surface area contributed by atoms with Crippen LogP contribution in [0.3, 0.4) is 0 Å². The Morgan fingerprint density at radius 3 is 2.13 bits per heavy atom. The third-order valence-electron chi connectivity index (χ3n) is 11.0. The standard InChI is InChI=1S/C40H50ClF5N4O5/c1-23(2)50(28-13-7-24(8-14-28)17-19-48(27-15-16-27)36(53)38(3,4)25-9-11-26(41)12-10-25)35(52)29-21-31-32(22-30(29)40(44,45)46)55-39(5,6)37(54)49(31)20-18-47-34(51)33(42)43/h9-12,21-24,27-28,33H,7-8,13-20H2,1-6H3,(H,47,51)/t24-,28+. The SMILES string of the molecule is CC(C)N(C(=O)c1cc2c(cc1C(F)(F)F)OC(C)(C)C(=O)N2CCNC(=O)C(F)F)[C@H]1CC[C@@H](CCN(C(=O)C(C)(C)c2ccc(Cl)cc2)C2CC2)CC1. The zero-order valence-corrected chi connectivity index (χ0v) is 32.8. The number of carbonyl (C=O) groups excluding carboxylic acids is 4. The number of nitrogens with zero attached hydrogens (tertiary/aromatic N) is 3. The molecular formula is C40H50ClF5N4O5. The number of anilines is 1. The maximum Gasteiger partial charge on any atom is 0.417 e. The fourth-order valence-corrected chi connectivity index (χ4v) is 7.92. The van der Waals surface area contributed by atoms with Crippen molar-refractivity contribution in [1.29, 1.82) is 0 Å². The molecule has 55 heavy (non-hydrogen) atoms. The zero-order valence-electron chi connectivity index (χ0n) is 32.1. The molecule has 2 aliphatic carbocycles. The van der Waals surface area contributed by atoms with Crippen LogP contribution in [0.15, 0.2) is 36.4 Å². The van der Waals surface area contributed by atoms with Crippen molar-refractivity contribution in [2.45, 2.75) is 128 Å². The van der Waals surface area contributed by atoms with Gasteiger partial charge in [-0.25, -0.2) is 0 Å². The molecule has 0 aromatic heterocycles. The molecule has 5 rings (SSSR count). The van der Waals surface area contributed by atoms with Crippen LogP contribution in [-0.4, -0.2) is 83.2 Å². The summed E-state index contributed by atoms with van der Waals surface area (Å²) in [5.74, 6) is -3.09. The molecule has 1 aliphatic heterocycles. The van der Waals surface area contributed by atoms with Crippen LogP contribution in [0, 0.1) is 5.92 Å². The van der Waals surface area contributed by atoms with Crippen molar-refractivity contribution < 1.29 is 45.9 Å². The number of hydrogen-bond acceptors (Lipinski definition) is 5. The van der Waals surface area contributed by atoms with E-state index in [2.05, 4.69) is 0 Å². The predicted octanol–water partition coefficient (Wildman–Crippen LogP) is 8.01. The summed E-state index contributed by atoms with van der Waals surface area (Å²) in [7, 11) is 0. The van der Waals surface area contributed by atoms with Crippen molar-refractivity contribution in [3.63, 3.8) is 0 Å². The molecular weight excluding hydrogens is 747 g/mol. The lowest BCUT2D eigenvalue weighted by Crippen LogP contribution is -2.54. The van der Waals surface area contributed by atoms with Crippen LogP contribution in [0.1, 0.15) is 108 Å². The molecule has 4 amide bonds. The lowest BCUT2D eigenvalue weighted by Gasteiger charge is -2.41. The molecule has 0 saturated heterocycles. The Balaban J connectivity index is 1.32. The lowest BCUT2D eigenvalue weighted by molar-refractivity contribution is -0.138. The van der Waals surface area contributed by atoms with Gasteiger partial charge in [0.2, 0.25) is 5.91 Å². The summed E-state index contributed by atoms with van der Waals surface area (Å²) in [5.41, 5.74) is -3.50. The van der Waals surface area contributed by atoms with Crippen molar-refractivity contribution in [2.24, 2.45) is 5.92 Å². The van der Waals surface area contributed by atoms with Crippen LogP contribution < -0.4 is 15.0 Å². The summed E-state index contributed by atoms with van der Waals surface area (Å²) in [5, 5.41) is 2.60. The van der Waals surface area contributed by atoms with Gasteiger partial charge < -0.3 is 24.8 Å². The molecule has 0 bridgehead atoms. The van der Waals surface area contributed by atoms with E-state index < -0.39 is 65.1 Å². The molecule has 302 valence electrons. The Morgan fingerprint density at radius 1 is 0.982 bits per heavy atom. The third-order valence-corrected chi connectivity index (χ3v) is 11.3. The Morgan fingerprint density at radius 2 is 1.58 bits per heavy atom. The van der Waals surface area contributed by atoms with Gasteiger partial charge in [0.1, 0.15) is 5.75 Å². The fraction of sp³-hybridized carbons (Fsp3) is 0.600. The normalized spacial score (nSPS) is 19.9. The van der Waals surface area contributed by atoms with Crippen LogP contribution in [-0.2, 0) is 26.0 Å². The number of ether oxygens (including phenoxy) is 1. The van der Waals surface area contributed by atoms with E-state index in [-0.39, 0.29) is 41.9 Å². The first-order valence-electron chi connectivity index (χ1n) is 18.8. The highest BCUT2D eigenvalue weighted by Gasteiger charge is 2.46. The number of nitrogens with one attached hydrogen (secondary N) is 1. The highest BCUT2D eigenvalue weighted by Crippen LogP contribution is 2.45. The molecule has 9 nitrogen and oxygen atoms in total. The maximum atomic E-state index is 14.7. The Bertz CT molecular complexity index is 1750. The molecule has 1 heterocycles. The van der Waals surface area contributed by atoms with Crippen LogP contribution in [0.2, 0.25) is 5.02 Å². The smallest absolute Gasteiger partial charge is 0.417 e. The number of benzene rings is 2. The minimum Gasteiger partial charge on any atom is -0.476 e. The molecule has 0 unspecified atom stereocenters. The Labute approximate surface area is 323 Å². The number of rotatable bonds is 13. The van der Waals surface area contributed by atoms with E-state index in [4.69, 9.17) is 16.3 Å². The van der Waals surface area contributed by atoms with E-state index in [0.29, 0.717) is 30.5 Å². The first kappa shape index (κ1) is 42.2. The van der Waals surface area contributed by atoms with Crippen molar-refractivity contribution >= 4 is 40.9 Å². The predicted molar refractivity (Wildman–Crippen MR) is 198 cm³/mol. The van der Waals surface area contributed by atoms with E-state index in [1.165, 1.54) is 18.7 Å². The molecule has 1 N–H and O–H groups in total. The molecule has 0 radical (unpaired) electrons. The topological polar surface area (TPSA) is 99.3 Å². The minimum atomic E-state index is -4.96. The molecule has 0 atom stereocenters. The monoisotopic (exact) mass is 796 g/mol. The average Bonchev–Trinajstić information content (AvgIpc) is 3.95. The maximum absolute atomic E-state index is 14.7. The summed E-state index contributed by atoms with van der Waals surface area (Å²) in [6, 6.07) is 8.37. The Kier molecular flexibility index (Phi) is 12.5. The van der Waals surface area contributed by atoms with Crippen LogP contribution in [0.5, 0.6) is 5.75 Å². The summed E-state index contributed by atoms with van der Waals surface area (Å²) in [4.78, 5) is 57.6. The lowest BCUT2D eigenvalue weighted by atomic mass is 9.81. The van der Waals surface area contributed by atoms with E-state index >= 15 is 0 Å². The summed E-state index contributed by atoms with van der Waals surface area (Å²) < 4.78 is 75.3. The van der Waals surface area contributed by atoms with E-state index in [9.17, 15) is 41.1 Å². The molecule has 0 spiro atoms. The molecule has 2 saturated carbocycles. The molecule has 2 fully saturated rings. The van der Waals surface area contributed by atoms with Crippen LogP contribution in [0.25, 0.3) is 0 Å². The van der Waals surface area contributed by atoms with Gasteiger partial charge in [-0.3, -0.25) is 19.2 Å². The second-order valence-corrected chi connectivity index (χ2v) is 16.6. The van der Waals surface area contributed by atoms with E-state index in [1.807, 2.05) is 36.2 Å². The van der Waals surface area contributed by atoms with Gasteiger partial charge in [-0.05, 0) is 122 Å². The number of carbonyl (C=O) groups is 4. The Hall–Kier alpha value is -3.94. The van der Waals surface area contributed by atoms with Crippen LogP contribution >= 0.6 is 11.6 Å². The third kappa shape index (κ3) is 9.37. The molecule has 3 aliphatic rings. The summed E-state index contributed by atoms with van der Waals surface area (Å²) in [6.07, 6.45) is -3.02. The van der Waals surface area contributed by atoms with Crippen molar-refractivity contribution in [3.8, 4) is 5.75 Å². The van der Waals surface area contributed by atoms with Gasteiger partial charge in [-0.1, -0.05) is 23.7 Å². The van der Waals surface area contributed by atoms with Gasteiger partial charge in [0.15, 0.2) is 5.60 Å². The molecule has 2 aromatic rings. The largest absolute Gasteiger partial charge is 0.476 e. The fourth-order valence-electron chi connectivity index (χ4n) is 7.80. The van der Waals surface area contributed by atoms with Crippen molar-refractivity contribution in [1.82, 2.24) is 15.1 Å². The zero-order chi connectivity index (χ0) is 40.6. The number of halogens is 6. The number of hydrogen-bond donors (Lipinski definition) is 1. The summed E-state index contributed by atoms with van der Waals surface area (Å²) in [6.45, 7) is 9.86. The highest BCUT2D eigenvalue weighted by molar-refractivity contribution is 6.30. The van der Waals surface area contributed by atoms with Gasteiger partial charge in [0.25, 0.3) is 17.7 Å². The van der Waals surface area contributed by atoms with Gasteiger partial charge in [0, 0.05) is 42.8 Å². The number of alkyl halides is 5. The van der Waals surface area contributed by atoms with Crippen molar-refractivity contribution in [3.05, 3.63) is 58.1 Å². The minimum absolute atomic E-state index is 0.0558. The second kappa shape index (κ2) is 16.3. The van der Waals surface area contributed by atoms with Gasteiger partial charge >= 0.3 is 12.6 Å². The quantitative estimate of drug-likeness (QED) is 0.207. The highest BCUT2D eigenvalue weighted by atomic mass is 35.5. The second-order valence-electron chi connectivity index (χ2n) is 16.2. The van der Waals surface area contributed by atoms with Crippen LogP contribution in [0.4, 0.5) is 27.6 Å². The van der Waals surface area contributed by atoms with E-state index in [1.54, 1.807) is 26.0 Å². The van der Waals surface area contributed by atoms with E-state index in [0.717, 1.165) is 48.6 Å². The average molecular weight is 797 g/mol. The van der Waals surface area contributed by atoms with Crippen molar-refractivity contribution in [2.75, 3.05) is 24.5 Å². The number of amides is 4. The first-order chi connectivity index (χ1) is 25.6. The summed E-state index contributed by atoms with van der Waals surface area (Å²) >= 11 is 6.09. The number of fused-ring (bicyclic) bond motifs is 1. The van der Waals surface area contributed by atoms with Gasteiger partial charge in [-0.15, -0.1) is 0 Å². The first-order valence-corrected chi connectivity index (χ1v) is 19.2. The molecule has 2 aromatic carbocycles. The molecule has 15 heteroatoms. The van der Waals surface area contributed by atoms with Gasteiger partial charge in [-0.2, -0.15) is 22.0 Å². The van der Waals surface area contributed by atoms with Gasteiger partial charge in [0.05, 0.1) is 22.2 Å².